The van der Waals surface area contributed by atoms with Crippen LogP contribution in [0.2, 0.25) is 5.15 Å². The Hall–Kier alpha value is -2.17. The van der Waals surface area contributed by atoms with Crippen LogP contribution in [0.4, 0.5) is 4.39 Å². The lowest BCUT2D eigenvalue weighted by Gasteiger charge is -2.30. The fourth-order valence-electron chi connectivity index (χ4n) is 3.46. The Bertz CT molecular complexity index is 976. The third-order valence-electron chi connectivity index (χ3n) is 4.94. The van der Waals surface area contributed by atoms with Gasteiger partial charge in [-0.25, -0.2) is 9.37 Å². The van der Waals surface area contributed by atoms with Gasteiger partial charge in [0.1, 0.15) is 28.9 Å². The minimum Gasteiger partial charge on any atom is -0.487 e. The molecule has 3 aromatic rings. The normalized spacial score (nSPS) is 17.6. The highest BCUT2D eigenvalue weighted by Crippen LogP contribution is 2.34. The van der Waals surface area contributed by atoms with Crippen molar-refractivity contribution < 1.29 is 14.2 Å². The van der Waals surface area contributed by atoms with E-state index in [0.29, 0.717) is 23.7 Å². The average Bonchev–Trinajstić information content (AvgIpc) is 2.66. The number of hydrogen-bond donors (Lipinski definition) is 1. The standard InChI is InChI=1S/C21H19ClFNO2/c1-2-12-9-15-10-14(3-6-17(15)24-21(12)22)20(25)19-7-4-13-11-16(23)5-8-18(13)26-19/h3,5-6,8-11,19-20,25H,2,4,7H2,1H3. The molecule has 0 saturated carbocycles. The maximum absolute atomic E-state index is 13.3. The SMILES string of the molecule is CCc1cc2cc(C(O)C3CCc4cc(F)ccc4O3)ccc2nc1Cl. The number of aliphatic hydroxyl groups is 1. The molecule has 2 unspecified atom stereocenters. The molecule has 1 N–H and O–H groups in total. The lowest BCUT2D eigenvalue weighted by Crippen LogP contribution is -2.29. The number of benzene rings is 2. The number of aryl methyl sites for hydroxylation is 2. The van der Waals surface area contributed by atoms with Gasteiger partial charge >= 0.3 is 0 Å². The molecule has 0 aliphatic carbocycles. The number of aliphatic hydroxyl groups excluding tert-OH is 1. The molecular formula is C21H19ClFNO2. The van der Waals surface area contributed by atoms with Crippen LogP contribution in [0.3, 0.4) is 0 Å². The Morgan fingerprint density at radius 3 is 2.92 bits per heavy atom. The molecule has 4 rings (SSSR count). The van der Waals surface area contributed by atoms with E-state index in [1.54, 1.807) is 6.07 Å². The highest BCUT2D eigenvalue weighted by Gasteiger charge is 2.28. The summed E-state index contributed by atoms with van der Waals surface area (Å²) in [4.78, 5) is 4.41. The fraction of sp³-hybridized carbons (Fsp3) is 0.286. The number of rotatable bonds is 3. The van der Waals surface area contributed by atoms with Crippen LogP contribution >= 0.6 is 11.6 Å². The van der Waals surface area contributed by atoms with E-state index in [4.69, 9.17) is 16.3 Å². The number of halogens is 2. The van der Waals surface area contributed by atoms with E-state index in [-0.39, 0.29) is 11.9 Å². The summed E-state index contributed by atoms with van der Waals surface area (Å²) in [5.74, 6) is 0.378. The van der Waals surface area contributed by atoms with Crippen molar-refractivity contribution in [3.05, 3.63) is 70.1 Å². The molecule has 0 saturated heterocycles. The third kappa shape index (κ3) is 3.15. The molecule has 2 heterocycles. The molecule has 0 radical (unpaired) electrons. The summed E-state index contributed by atoms with van der Waals surface area (Å²) in [5.41, 5.74) is 3.40. The van der Waals surface area contributed by atoms with E-state index in [1.807, 2.05) is 31.2 Å². The first-order chi connectivity index (χ1) is 12.5. The van der Waals surface area contributed by atoms with Gasteiger partial charge in [0.25, 0.3) is 0 Å². The van der Waals surface area contributed by atoms with Crippen molar-refractivity contribution in [1.29, 1.82) is 0 Å². The molecule has 134 valence electrons. The van der Waals surface area contributed by atoms with Crippen molar-refractivity contribution in [2.75, 3.05) is 0 Å². The second-order valence-electron chi connectivity index (χ2n) is 6.64. The van der Waals surface area contributed by atoms with Crippen LogP contribution in [0.25, 0.3) is 10.9 Å². The Kier molecular flexibility index (Phi) is 4.55. The second-order valence-corrected chi connectivity index (χ2v) is 6.99. The maximum atomic E-state index is 13.3. The van der Waals surface area contributed by atoms with Crippen molar-refractivity contribution in [3.63, 3.8) is 0 Å². The average molecular weight is 372 g/mol. The first-order valence-corrected chi connectivity index (χ1v) is 9.15. The molecule has 1 aliphatic rings. The van der Waals surface area contributed by atoms with E-state index in [9.17, 15) is 9.50 Å². The van der Waals surface area contributed by atoms with Crippen molar-refractivity contribution in [2.45, 2.75) is 38.4 Å². The Morgan fingerprint density at radius 2 is 2.12 bits per heavy atom. The smallest absolute Gasteiger partial charge is 0.132 e. The van der Waals surface area contributed by atoms with Gasteiger partial charge in [0.05, 0.1) is 5.52 Å². The van der Waals surface area contributed by atoms with E-state index in [0.717, 1.165) is 34.0 Å². The quantitative estimate of drug-likeness (QED) is 0.657. The monoisotopic (exact) mass is 371 g/mol. The van der Waals surface area contributed by atoms with E-state index in [2.05, 4.69) is 4.98 Å². The summed E-state index contributed by atoms with van der Waals surface area (Å²) in [7, 11) is 0. The lowest BCUT2D eigenvalue weighted by atomic mass is 9.94. The Balaban J connectivity index is 1.62. The largest absolute Gasteiger partial charge is 0.487 e. The number of hydrogen-bond acceptors (Lipinski definition) is 3. The van der Waals surface area contributed by atoms with Crippen molar-refractivity contribution in [3.8, 4) is 5.75 Å². The van der Waals surface area contributed by atoms with Crippen molar-refractivity contribution in [1.82, 2.24) is 4.98 Å². The van der Waals surface area contributed by atoms with Crippen LogP contribution < -0.4 is 4.74 Å². The zero-order valence-corrected chi connectivity index (χ0v) is 15.1. The van der Waals surface area contributed by atoms with Crippen LogP contribution in [0.1, 0.15) is 36.1 Å². The van der Waals surface area contributed by atoms with Gasteiger partial charge in [-0.05, 0) is 72.4 Å². The predicted octanol–water partition coefficient (Wildman–Crippen LogP) is 5.02. The molecule has 26 heavy (non-hydrogen) atoms. The third-order valence-corrected chi connectivity index (χ3v) is 5.27. The van der Waals surface area contributed by atoms with Crippen LogP contribution in [0.15, 0.2) is 42.5 Å². The molecule has 5 heteroatoms. The molecule has 2 atom stereocenters. The minimum absolute atomic E-state index is 0.265. The molecule has 0 fully saturated rings. The van der Waals surface area contributed by atoms with Gasteiger partial charge in [-0.2, -0.15) is 0 Å². The summed E-state index contributed by atoms with van der Waals surface area (Å²) < 4.78 is 19.3. The van der Waals surface area contributed by atoms with Crippen LogP contribution in [0, 0.1) is 5.82 Å². The van der Waals surface area contributed by atoms with Crippen LogP contribution in [-0.4, -0.2) is 16.2 Å². The number of aromatic nitrogens is 1. The summed E-state index contributed by atoms with van der Waals surface area (Å²) in [5, 5.41) is 12.3. The predicted molar refractivity (Wildman–Crippen MR) is 100 cm³/mol. The van der Waals surface area contributed by atoms with Crippen LogP contribution in [0.5, 0.6) is 5.75 Å². The topological polar surface area (TPSA) is 42.4 Å². The highest BCUT2D eigenvalue weighted by atomic mass is 35.5. The number of fused-ring (bicyclic) bond motifs is 2. The van der Waals surface area contributed by atoms with Gasteiger partial charge in [0, 0.05) is 5.39 Å². The lowest BCUT2D eigenvalue weighted by molar-refractivity contribution is 0.0229. The zero-order chi connectivity index (χ0) is 18.3. The Morgan fingerprint density at radius 1 is 1.27 bits per heavy atom. The van der Waals surface area contributed by atoms with Gasteiger partial charge in [0.15, 0.2) is 0 Å². The van der Waals surface area contributed by atoms with Gasteiger partial charge in [-0.15, -0.1) is 0 Å². The van der Waals surface area contributed by atoms with Gasteiger partial charge in [-0.1, -0.05) is 24.6 Å². The molecule has 0 spiro atoms. The molecular weight excluding hydrogens is 353 g/mol. The first kappa shape index (κ1) is 17.3. The summed E-state index contributed by atoms with van der Waals surface area (Å²) >= 11 is 6.18. The van der Waals surface area contributed by atoms with Crippen molar-refractivity contribution >= 4 is 22.5 Å². The maximum Gasteiger partial charge on any atom is 0.132 e. The van der Waals surface area contributed by atoms with Gasteiger partial charge in [-0.3, -0.25) is 0 Å². The number of nitrogens with zero attached hydrogens (tertiary/aromatic N) is 1. The van der Waals surface area contributed by atoms with Crippen LogP contribution in [-0.2, 0) is 12.8 Å². The van der Waals surface area contributed by atoms with E-state index < -0.39 is 6.10 Å². The minimum atomic E-state index is -0.765. The molecule has 1 aliphatic heterocycles. The van der Waals surface area contributed by atoms with Crippen molar-refractivity contribution in [2.24, 2.45) is 0 Å². The van der Waals surface area contributed by atoms with Gasteiger partial charge < -0.3 is 9.84 Å². The number of pyridine rings is 1. The van der Waals surface area contributed by atoms with E-state index in [1.165, 1.54) is 12.1 Å². The zero-order valence-electron chi connectivity index (χ0n) is 14.4. The number of ether oxygens (including phenoxy) is 1. The Labute approximate surface area is 156 Å². The van der Waals surface area contributed by atoms with Gasteiger partial charge in [0.2, 0.25) is 0 Å². The second kappa shape index (κ2) is 6.86. The summed E-state index contributed by atoms with van der Waals surface area (Å²) in [6, 6.07) is 12.2. The first-order valence-electron chi connectivity index (χ1n) is 8.77. The highest BCUT2D eigenvalue weighted by molar-refractivity contribution is 6.30. The molecule has 0 bridgehead atoms. The molecule has 1 aromatic heterocycles. The summed E-state index contributed by atoms with van der Waals surface area (Å²) in [6.07, 6.45) is 0.983. The van der Waals surface area contributed by atoms with E-state index >= 15 is 0 Å². The molecule has 3 nitrogen and oxygen atoms in total. The molecule has 2 aromatic carbocycles. The summed E-state index contributed by atoms with van der Waals surface area (Å²) in [6.45, 7) is 2.03. The molecule has 0 amide bonds. The fourth-order valence-corrected chi connectivity index (χ4v) is 3.74.